The zero-order valence-electron chi connectivity index (χ0n) is 11.1. The molecule has 0 aromatic heterocycles. The highest BCUT2D eigenvalue weighted by atomic mass is 79.9. The van der Waals surface area contributed by atoms with E-state index in [9.17, 15) is 0 Å². The molecule has 1 N–H and O–H groups in total. The van der Waals surface area contributed by atoms with E-state index < -0.39 is 0 Å². The third-order valence-electron chi connectivity index (χ3n) is 3.17. The molecule has 1 fully saturated rings. The Kier molecular flexibility index (Phi) is 5.03. The average Bonchev–Trinajstić information content (AvgIpc) is 2.36. The van der Waals surface area contributed by atoms with Crippen LogP contribution in [0.4, 0.5) is 5.69 Å². The lowest BCUT2D eigenvalue weighted by atomic mass is 10.1. The molecule has 0 amide bonds. The lowest BCUT2D eigenvalue weighted by molar-refractivity contribution is 0.0532. The van der Waals surface area contributed by atoms with Crippen LogP contribution in [0.15, 0.2) is 22.7 Å². The zero-order chi connectivity index (χ0) is 13.0. The Morgan fingerprint density at radius 3 is 3.00 bits per heavy atom. The molecule has 1 atom stereocenters. The first-order valence-corrected chi connectivity index (χ1v) is 7.35. The monoisotopic (exact) mass is 312 g/mol. The molecular formula is C14H21BrN2O. The Labute approximate surface area is 118 Å². The Hall–Kier alpha value is -0.580. The van der Waals surface area contributed by atoms with E-state index in [2.05, 4.69) is 58.2 Å². The maximum atomic E-state index is 5.58. The van der Waals surface area contributed by atoms with Gasteiger partial charge in [-0.05, 0) is 47.1 Å². The quantitative estimate of drug-likeness (QED) is 0.925. The topological polar surface area (TPSA) is 24.5 Å². The van der Waals surface area contributed by atoms with Crippen molar-refractivity contribution in [2.24, 2.45) is 0 Å². The number of hydrogen-bond acceptors (Lipinski definition) is 3. The zero-order valence-corrected chi connectivity index (χ0v) is 12.7. The molecule has 3 nitrogen and oxygen atoms in total. The van der Waals surface area contributed by atoms with Gasteiger partial charge in [0.15, 0.2) is 0 Å². The Bertz CT molecular complexity index is 397. The van der Waals surface area contributed by atoms with E-state index >= 15 is 0 Å². The molecule has 0 radical (unpaired) electrons. The average molecular weight is 313 g/mol. The van der Waals surface area contributed by atoms with Gasteiger partial charge >= 0.3 is 0 Å². The molecule has 18 heavy (non-hydrogen) atoms. The number of benzene rings is 1. The van der Waals surface area contributed by atoms with E-state index in [1.807, 2.05) is 0 Å². The van der Waals surface area contributed by atoms with E-state index in [0.29, 0.717) is 6.10 Å². The van der Waals surface area contributed by atoms with Crippen LogP contribution in [0.5, 0.6) is 0 Å². The van der Waals surface area contributed by atoms with Crippen LogP contribution in [0.25, 0.3) is 0 Å². The minimum Gasteiger partial charge on any atom is -0.375 e. The van der Waals surface area contributed by atoms with Crippen molar-refractivity contribution in [2.45, 2.75) is 26.5 Å². The number of anilines is 1. The molecule has 1 heterocycles. The molecule has 0 saturated carbocycles. The maximum Gasteiger partial charge on any atom is 0.0722 e. The van der Waals surface area contributed by atoms with Crippen LogP contribution in [-0.2, 0) is 11.3 Å². The Balaban J connectivity index is 2.08. The lowest BCUT2D eigenvalue weighted by Gasteiger charge is -2.33. The first kappa shape index (κ1) is 13.8. The van der Waals surface area contributed by atoms with Crippen molar-refractivity contribution in [3.05, 3.63) is 28.2 Å². The van der Waals surface area contributed by atoms with E-state index in [-0.39, 0.29) is 0 Å². The van der Waals surface area contributed by atoms with Gasteiger partial charge in [0, 0.05) is 24.1 Å². The molecule has 0 aliphatic carbocycles. The summed E-state index contributed by atoms with van der Waals surface area (Å²) in [6.45, 7) is 8.92. The van der Waals surface area contributed by atoms with E-state index in [0.717, 1.165) is 32.8 Å². The largest absolute Gasteiger partial charge is 0.375 e. The van der Waals surface area contributed by atoms with Crippen LogP contribution in [0.3, 0.4) is 0 Å². The van der Waals surface area contributed by atoms with Crippen LogP contribution in [0, 0.1) is 0 Å². The third-order valence-corrected chi connectivity index (χ3v) is 3.81. The summed E-state index contributed by atoms with van der Waals surface area (Å²) in [5.74, 6) is 0. The van der Waals surface area contributed by atoms with Crippen LogP contribution in [-0.4, -0.2) is 32.3 Å². The van der Waals surface area contributed by atoms with E-state index in [4.69, 9.17) is 4.74 Å². The van der Waals surface area contributed by atoms with Crippen LogP contribution >= 0.6 is 15.9 Å². The lowest BCUT2D eigenvalue weighted by Crippen LogP contribution is -2.41. The number of ether oxygens (including phenoxy) is 1. The van der Waals surface area contributed by atoms with Gasteiger partial charge in [-0.1, -0.05) is 13.0 Å². The highest BCUT2D eigenvalue weighted by Crippen LogP contribution is 2.28. The molecule has 4 heteroatoms. The van der Waals surface area contributed by atoms with Gasteiger partial charge in [-0.2, -0.15) is 0 Å². The predicted octanol–water partition coefficient (Wildman–Crippen LogP) is 2.78. The van der Waals surface area contributed by atoms with Gasteiger partial charge in [-0.25, -0.2) is 0 Å². The van der Waals surface area contributed by atoms with Crippen molar-refractivity contribution in [1.82, 2.24) is 5.32 Å². The van der Waals surface area contributed by atoms with Crippen molar-refractivity contribution >= 4 is 21.6 Å². The summed E-state index contributed by atoms with van der Waals surface area (Å²) >= 11 is 3.68. The van der Waals surface area contributed by atoms with Gasteiger partial charge in [0.25, 0.3) is 0 Å². The highest BCUT2D eigenvalue weighted by molar-refractivity contribution is 9.10. The van der Waals surface area contributed by atoms with Gasteiger partial charge in [0.2, 0.25) is 0 Å². The summed E-state index contributed by atoms with van der Waals surface area (Å²) in [5.41, 5.74) is 2.58. The second-order valence-corrected chi connectivity index (χ2v) is 5.55. The third kappa shape index (κ3) is 3.46. The number of halogens is 1. The fourth-order valence-corrected chi connectivity index (χ4v) is 2.90. The summed E-state index contributed by atoms with van der Waals surface area (Å²) in [5, 5.41) is 3.34. The minimum atomic E-state index is 0.312. The fourth-order valence-electron chi connectivity index (χ4n) is 2.22. The molecule has 1 aromatic carbocycles. The van der Waals surface area contributed by atoms with Crippen molar-refractivity contribution in [2.75, 3.05) is 31.1 Å². The fraction of sp³-hybridized carbons (Fsp3) is 0.571. The summed E-state index contributed by atoms with van der Waals surface area (Å²) < 4.78 is 6.75. The molecular weight excluding hydrogens is 292 g/mol. The maximum absolute atomic E-state index is 5.58. The highest BCUT2D eigenvalue weighted by Gasteiger charge is 2.18. The molecule has 1 saturated heterocycles. The van der Waals surface area contributed by atoms with Crippen molar-refractivity contribution in [3.63, 3.8) is 0 Å². The normalized spacial score (nSPS) is 20.2. The molecule has 0 bridgehead atoms. The summed E-state index contributed by atoms with van der Waals surface area (Å²) in [4.78, 5) is 2.38. The van der Waals surface area contributed by atoms with Gasteiger partial charge in [-0.15, -0.1) is 0 Å². The Morgan fingerprint density at radius 2 is 2.33 bits per heavy atom. The second-order valence-electron chi connectivity index (χ2n) is 4.69. The molecule has 1 aromatic rings. The molecule has 1 aliphatic heterocycles. The first-order chi connectivity index (χ1) is 8.70. The van der Waals surface area contributed by atoms with Crippen LogP contribution < -0.4 is 10.2 Å². The Morgan fingerprint density at radius 1 is 1.50 bits per heavy atom. The number of morpholine rings is 1. The van der Waals surface area contributed by atoms with Gasteiger partial charge < -0.3 is 15.0 Å². The molecule has 1 unspecified atom stereocenters. The van der Waals surface area contributed by atoms with Crippen molar-refractivity contribution < 1.29 is 4.74 Å². The predicted molar refractivity (Wildman–Crippen MR) is 79.1 cm³/mol. The van der Waals surface area contributed by atoms with Crippen molar-refractivity contribution in [3.8, 4) is 0 Å². The molecule has 1 aliphatic rings. The second kappa shape index (κ2) is 6.55. The summed E-state index contributed by atoms with van der Waals surface area (Å²) in [6, 6.07) is 6.61. The van der Waals surface area contributed by atoms with Gasteiger partial charge in [-0.3, -0.25) is 0 Å². The number of hydrogen-bond donors (Lipinski definition) is 1. The minimum absolute atomic E-state index is 0.312. The van der Waals surface area contributed by atoms with Gasteiger partial charge in [0.05, 0.1) is 18.4 Å². The first-order valence-electron chi connectivity index (χ1n) is 6.56. The molecule has 100 valence electrons. The smallest absolute Gasteiger partial charge is 0.0722 e. The molecule has 2 rings (SSSR count). The number of nitrogens with zero attached hydrogens (tertiary/aromatic N) is 1. The standard InChI is InChI=1S/C14H21BrN2O/c1-3-16-9-12-4-5-14(13(15)8-12)17-6-7-18-11(2)10-17/h4-5,8,11,16H,3,6-7,9-10H2,1-2H3. The summed E-state index contributed by atoms with van der Waals surface area (Å²) in [7, 11) is 0. The number of rotatable bonds is 4. The summed E-state index contributed by atoms with van der Waals surface area (Å²) in [6.07, 6.45) is 0.312. The SMILES string of the molecule is CCNCc1ccc(N2CCOC(C)C2)c(Br)c1. The van der Waals surface area contributed by atoms with Crippen LogP contribution in [0.2, 0.25) is 0 Å². The molecule has 0 spiro atoms. The van der Waals surface area contributed by atoms with Crippen LogP contribution in [0.1, 0.15) is 19.4 Å². The van der Waals surface area contributed by atoms with Gasteiger partial charge in [0.1, 0.15) is 0 Å². The van der Waals surface area contributed by atoms with E-state index in [1.165, 1.54) is 15.7 Å². The number of nitrogens with one attached hydrogen (secondary N) is 1. The van der Waals surface area contributed by atoms with Crippen molar-refractivity contribution in [1.29, 1.82) is 0 Å². The van der Waals surface area contributed by atoms with E-state index in [1.54, 1.807) is 0 Å².